The SMILES string of the molecule is CCCCCCCCCCCCCCCCCC(=O)NC[C@H]1O[C@@H](O[C@H]2CC[C@@]3(C)C(=CC[C@H]4[C@@H]5C[C@@H]6O[C@]7(CC[C@@H](C)CO7)[C@@H](C)[C@@H]6[C@@]5(C)CC[C@@H]43)C2)[C@H](O[C@H]2O[C@H](C)[C@@H](O)[C@H](O)[C@@H]2O)[C@@H](O)[C@@H]1O[C@H]1O[C@H](C)[C@@H](O)[C@H](O)[C@@H]1O. The lowest BCUT2D eigenvalue weighted by atomic mass is 9.47. The first-order valence-corrected chi connectivity index (χ1v) is 32.3. The van der Waals surface area contributed by atoms with E-state index in [4.69, 9.17) is 37.9 Å². The standard InChI is InChI=1S/C63H107NO16/c1-8-9-10-11-12-13-14-15-16-17-18-19-20-21-22-23-47(65)64-34-46-56(78-58-53(70)51(68)49(66)38(4)74-58)55(72)57(79-59-54(71)52(69)50(67)39(5)75-59)60(77-46)76-41-27-29-61(6)40(32-41)24-25-42-43(61)28-30-62(7)44(42)33-45-48(62)37(3)63(80-45)31-26-36(2)35-73-63/h24,36-39,41-46,48-60,66-72H,8-23,25-35H2,1-7H3,(H,64,65)/t36-,37+,38-,39-,41+,42-,43+,44+,45+,46-,48+,49-,50-,51+,52+,53+,54+,55+,56-,57-,58-,59-,60-,61+,62+,63-/m1/s1. The zero-order valence-electron chi connectivity index (χ0n) is 49.8. The fraction of sp³-hybridized carbons (Fsp3) is 0.952. The van der Waals surface area contributed by atoms with E-state index in [0.29, 0.717) is 61.2 Å². The van der Waals surface area contributed by atoms with Crippen LogP contribution in [0.1, 0.15) is 209 Å². The van der Waals surface area contributed by atoms with Crippen molar-refractivity contribution < 1.29 is 78.4 Å². The number of nitrogens with one attached hydrogen (secondary N) is 1. The molecule has 26 atom stereocenters. The van der Waals surface area contributed by atoms with E-state index in [1.54, 1.807) is 0 Å². The minimum atomic E-state index is -1.72. The topological polar surface area (TPSA) is 245 Å². The summed E-state index contributed by atoms with van der Waals surface area (Å²) in [7, 11) is 0. The zero-order chi connectivity index (χ0) is 57.1. The van der Waals surface area contributed by atoms with Gasteiger partial charge in [-0.25, -0.2) is 0 Å². The first-order valence-electron chi connectivity index (χ1n) is 32.3. The van der Waals surface area contributed by atoms with Gasteiger partial charge in [0.2, 0.25) is 5.91 Å². The number of unbranched alkanes of at least 4 members (excludes halogenated alkanes) is 14. The summed E-state index contributed by atoms with van der Waals surface area (Å²) in [6, 6.07) is 0. The highest BCUT2D eigenvalue weighted by Gasteiger charge is 2.69. The molecule has 5 saturated heterocycles. The number of allylic oxidation sites excluding steroid dienone is 1. The lowest BCUT2D eigenvalue weighted by Gasteiger charge is -2.59. The Bertz CT molecular complexity index is 1990. The summed E-state index contributed by atoms with van der Waals surface area (Å²) in [6.45, 7) is 15.6. The summed E-state index contributed by atoms with van der Waals surface area (Å²) in [5.74, 6) is 2.36. The number of carbonyl (C=O) groups excluding carboxylic acids is 1. The van der Waals surface area contributed by atoms with E-state index < -0.39 is 97.9 Å². The molecule has 0 radical (unpaired) electrons. The van der Waals surface area contributed by atoms with Gasteiger partial charge < -0.3 is 79.0 Å². The molecule has 0 aromatic rings. The van der Waals surface area contributed by atoms with E-state index in [0.717, 1.165) is 70.8 Å². The highest BCUT2D eigenvalue weighted by atomic mass is 16.8. The summed E-state index contributed by atoms with van der Waals surface area (Å²) in [5.41, 5.74) is 1.50. The maximum atomic E-state index is 13.5. The molecule has 8 fully saturated rings. The van der Waals surface area contributed by atoms with Crippen molar-refractivity contribution in [2.45, 2.75) is 319 Å². The molecule has 4 aliphatic carbocycles. The molecule has 0 aromatic heterocycles. The Morgan fingerprint density at radius 1 is 0.637 bits per heavy atom. The summed E-state index contributed by atoms with van der Waals surface area (Å²) < 4.78 is 51.9. The molecule has 0 bridgehead atoms. The summed E-state index contributed by atoms with van der Waals surface area (Å²) in [5, 5.41) is 80.7. The van der Waals surface area contributed by atoms with Crippen molar-refractivity contribution in [3.05, 3.63) is 11.6 Å². The molecule has 1 amide bonds. The predicted octanol–water partition coefficient (Wildman–Crippen LogP) is 7.63. The van der Waals surface area contributed by atoms with Gasteiger partial charge >= 0.3 is 0 Å². The van der Waals surface area contributed by atoms with Crippen LogP contribution in [0.4, 0.5) is 0 Å². The maximum absolute atomic E-state index is 13.5. The summed E-state index contributed by atoms with van der Waals surface area (Å²) in [6.07, 6.45) is 8.08. The lowest BCUT2D eigenvalue weighted by molar-refractivity contribution is -0.386. The molecule has 0 aromatic carbocycles. The number of hydrogen-bond acceptors (Lipinski definition) is 16. The third-order valence-corrected chi connectivity index (χ3v) is 22.0. The summed E-state index contributed by atoms with van der Waals surface area (Å²) >= 11 is 0. The van der Waals surface area contributed by atoms with E-state index >= 15 is 0 Å². The number of rotatable bonds is 24. The molecule has 80 heavy (non-hydrogen) atoms. The number of fused-ring (bicyclic) bond motifs is 7. The van der Waals surface area contributed by atoms with Gasteiger partial charge in [-0.15, -0.1) is 0 Å². The van der Waals surface area contributed by atoms with E-state index in [2.05, 4.69) is 46.0 Å². The number of ether oxygens (including phenoxy) is 8. The molecule has 0 unspecified atom stereocenters. The van der Waals surface area contributed by atoms with Crippen molar-refractivity contribution in [1.82, 2.24) is 5.32 Å². The van der Waals surface area contributed by atoms with Gasteiger partial charge in [0.25, 0.3) is 0 Å². The van der Waals surface area contributed by atoms with Crippen LogP contribution in [-0.2, 0) is 42.7 Å². The number of carbonyl (C=O) groups is 1. The van der Waals surface area contributed by atoms with Crippen molar-refractivity contribution in [2.75, 3.05) is 13.2 Å². The van der Waals surface area contributed by atoms with Crippen LogP contribution in [0.25, 0.3) is 0 Å². The second-order valence-electron chi connectivity index (χ2n) is 27.4. The molecule has 9 rings (SSSR count). The highest BCUT2D eigenvalue weighted by Crippen LogP contribution is 2.71. The number of amides is 1. The molecule has 17 nitrogen and oxygen atoms in total. The third-order valence-electron chi connectivity index (χ3n) is 22.0. The molecule has 1 spiro atoms. The molecular weight excluding hydrogens is 1030 g/mol. The summed E-state index contributed by atoms with van der Waals surface area (Å²) in [4.78, 5) is 13.5. The second kappa shape index (κ2) is 27.5. The Morgan fingerprint density at radius 2 is 1.23 bits per heavy atom. The van der Waals surface area contributed by atoms with E-state index in [1.807, 2.05) is 0 Å². The van der Waals surface area contributed by atoms with Crippen LogP contribution in [0, 0.1) is 46.3 Å². The quantitative estimate of drug-likeness (QED) is 0.0342. The van der Waals surface area contributed by atoms with Gasteiger partial charge in [-0.3, -0.25) is 4.79 Å². The first-order chi connectivity index (χ1) is 38.3. The van der Waals surface area contributed by atoms with Crippen molar-refractivity contribution in [2.24, 2.45) is 46.3 Å². The maximum Gasteiger partial charge on any atom is 0.220 e. The van der Waals surface area contributed by atoms with Crippen LogP contribution in [0.2, 0.25) is 0 Å². The third kappa shape index (κ3) is 13.4. The molecule has 8 N–H and O–H groups in total. The normalized spacial score (nSPS) is 47.3. The van der Waals surface area contributed by atoms with Crippen LogP contribution in [0.5, 0.6) is 0 Å². The Morgan fingerprint density at radius 3 is 1.81 bits per heavy atom. The van der Waals surface area contributed by atoms with E-state index in [-0.39, 0.29) is 35.5 Å². The van der Waals surface area contributed by atoms with Crippen molar-refractivity contribution in [3.8, 4) is 0 Å². The number of hydrogen-bond donors (Lipinski definition) is 8. The second-order valence-corrected chi connectivity index (χ2v) is 27.4. The van der Waals surface area contributed by atoms with Gasteiger partial charge in [0.05, 0.1) is 31.0 Å². The predicted molar refractivity (Wildman–Crippen MR) is 298 cm³/mol. The van der Waals surface area contributed by atoms with Gasteiger partial charge in [0.1, 0.15) is 61.0 Å². The Hall–Kier alpha value is -1.39. The molecule has 17 heteroatoms. The van der Waals surface area contributed by atoms with Crippen LogP contribution in [-0.4, -0.2) is 165 Å². The first kappa shape index (κ1) is 63.1. The zero-order valence-corrected chi connectivity index (χ0v) is 49.8. The van der Waals surface area contributed by atoms with E-state index in [9.17, 15) is 40.5 Å². The van der Waals surface area contributed by atoms with Crippen LogP contribution >= 0.6 is 0 Å². The van der Waals surface area contributed by atoms with Crippen LogP contribution < -0.4 is 5.32 Å². The monoisotopic (exact) mass is 1130 g/mol. The average Bonchev–Trinajstić information content (AvgIpc) is 4.11. The lowest BCUT2D eigenvalue weighted by Crippen LogP contribution is -2.67. The molecular formula is C63H107NO16. The Balaban J connectivity index is 0.859. The molecule has 460 valence electrons. The Kier molecular flexibility index (Phi) is 21.7. The average molecular weight is 1130 g/mol. The smallest absolute Gasteiger partial charge is 0.220 e. The molecule has 5 aliphatic heterocycles. The number of aliphatic hydroxyl groups excluding tert-OH is 7. The van der Waals surface area contributed by atoms with Crippen molar-refractivity contribution in [3.63, 3.8) is 0 Å². The van der Waals surface area contributed by atoms with Gasteiger partial charge in [-0.05, 0) is 112 Å². The number of aliphatic hydroxyl groups is 7. The largest absolute Gasteiger partial charge is 0.388 e. The molecule has 9 aliphatic rings. The van der Waals surface area contributed by atoms with Crippen LogP contribution in [0.15, 0.2) is 11.6 Å². The van der Waals surface area contributed by atoms with Gasteiger partial charge in [0.15, 0.2) is 24.7 Å². The fourth-order valence-corrected chi connectivity index (χ4v) is 17.0. The van der Waals surface area contributed by atoms with Gasteiger partial charge in [-0.1, -0.05) is 136 Å². The fourth-order valence-electron chi connectivity index (χ4n) is 17.0. The van der Waals surface area contributed by atoms with Crippen molar-refractivity contribution in [1.29, 1.82) is 0 Å². The minimum absolute atomic E-state index is 0.0390. The molecule has 3 saturated carbocycles. The van der Waals surface area contributed by atoms with Gasteiger partial charge in [0, 0.05) is 25.3 Å². The van der Waals surface area contributed by atoms with Gasteiger partial charge in [-0.2, -0.15) is 0 Å². The van der Waals surface area contributed by atoms with E-state index in [1.165, 1.54) is 90.0 Å². The molecule has 5 heterocycles. The Labute approximate surface area is 478 Å². The minimum Gasteiger partial charge on any atom is -0.388 e. The van der Waals surface area contributed by atoms with Crippen LogP contribution in [0.3, 0.4) is 0 Å². The highest BCUT2D eigenvalue weighted by molar-refractivity contribution is 5.75. The van der Waals surface area contributed by atoms with Crippen molar-refractivity contribution >= 4 is 5.91 Å².